The van der Waals surface area contributed by atoms with Gasteiger partial charge >= 0.3 is 5.97 Å². The zero-order chi connectivity index (χ0) is 19.1. The van der Waals surface area contributed by atoms with Crippen LogP contribution in [0.4, 0.5) is 0 Å². The second kappa shape index (κ2) is 9.28. The second-order valence-corrected chi connectivity index (χ2v) is 6.69. The Bertz CT molecular complexity index is 678. The molecule has 0 bridgehead atoms. The monoisotopic (exact) mass is 377 g/mol. The lowest BCUT2D eigenvalue weighted by Crippen LogP contribution is -2.60. The standard InChI is InChI=1S/C18H23N3O4S/c1-12(2)16(23)20-18(26)21-9-8-19-17(24)14(21)10-15(22)25-11-13-6-4-3-5-7-13/h3-7,12,14H,8-11H2,1-2H3,(H,19,24)(H,20,23,26). The molecule has 0 radical (unpaired) electrons. The number of piperazine rings is 1. The van der Waals surface area contributed by atoms with Crippen molar-refractivity contribution in [3.8, 4) is 0 Å². The van der Waals surface area contributed by atoms with Gasteiger partial charge in [0.25, 0.3) is 0 Å². The number of nitrogens with zero attached hydrogens (tertiary/aromatic N) is 1. The van der Waals surface area contributed by atoms with Gasteiger partial charge in [0.1, 0.15) is 12.6 Å². The maximum atomic E-state index is 12.2. The highest BCUT2D eigenvalue weighted by atomic mass is 32.1. The number of carbonyl (C=O) groups excluding carboxylic acids is 3. The third-order valence-corrected chi connectivity index (χ3v) is 4.29. The lowest BCUT2D eigenvalue weighted by molar-refractivity contribution is -0.148. The number of ether oxygens (including phenoxy) is 1. The highest BCUT2D eigenvalue weighted by molar-refractivity contribution is 7.80. The van der Waals surface area contributed by atoms with Gasteiger partial charge in [-0.1, -0.05) is 44.2 Å². The van der Waals surface area contributed by atoms with E-state index in [2.05, 4.69) is 10.6 Å². The Balaban J connectivity index is 1.96. The van der Waals surface area contributed by atoms with Crippen molar-refractivity contribution in [3.05, 3.63) is 35.9 Å². The number of nitrogens with one attached hydrogen (secondary N) is 2. The van der Waals surface area contributed by atoms with Gasteiger partial charge in [0, 0.05) is 19.0 Å². The highest BCUT2D eigenvalue weighted by Gasteiger charge is 2.34. The molecule has 1 aromatic rings. The first-order valence-electron chi connectivity index (χ1n) is 8.47. The number of esters is 1. The Morgan fingerprint density at radius 1 is 1.35 bits per heavy atom. The van der Waals surface area contributed by atoms with Crippen LogP contribution in [0.2, 0.25) is 0 Å². The average Bonchev–Trinajstić information content (AvgIpc) is 2.62. The number of rotatable bonds is 5. The van der Waals surface area contributed by atoms with Crippen molar-refractivity contribution in [3.63, 3.8) is 0 Å². The second-order valence-electron chi connectivity index (χ2n) is 6.30. The molecule has 1 heterocycles. The van der Waals surface area contributed by atoms with Crippen molar-refractivity contribution < 1.29 is 19.1 Å². The van der Waals surface area contributed by atoms with E-state index in [1.165, 1.54) is 0 Å². The van der Waals surface area contributed by atoms with Crippen LogP contribution in [0.1, 0.15) is 25.8 Å². The first kappa shape index (κ1) is 19.8. The molecule has 1 saturated heterocycles. The minimum absolute atomic E-state index is 0.141. The van der Waals surface area contributed by atoms with Gasteiger partial charge in [-0.3, -0.25) is 14.4 Å². The largest absolute Gasteiger partial charge is 0.461 e. The smallest absolute Gasteiger partial charge is 0.308 e. The Hall–Kier alpha value is -2.48. The van der Waals surface area contributed by atoms with Crippen LogP contribution in [0.5, 0.6) is 0 Å². The van der Waals surface area contributed by atoms with Crippen LogP contribution < -0.4 is 10.6 Å². The molecular weight excluding hydrogens is 354 g/mol. The molecule has 1 fully saturated rings. The predicted octanol–water partition coefficient (Wildman–Crippen LogP) is 0.977. The van der Waals surface area contributed by atoms with E-state index in [9.17, 15) is 14.4 Å². The van der Waals surface area contributed by atoms with Gasteiger partial charge in [0.2, 0.25) is 11.8 Å². The zero-order valence-corrected chi connectivity index (χ0v) is 15.7. The number of hydrogen-bond donors (Lipinski definition) is 2. The Morgan fingerprint density at radius 2 is 2.04 bits per heavy atom. The molecule has 2 amide bonds. The van der Waals surface area contributed by atoms with Gasteiger partial charge in [-0.05, 0) is 17.8 Å². The molecule has 0 saturated carbocycles. The van der Waals surface area contributed by atoms with Crippen molar-refractivity contribution in [1.29, 1.82) is 0 Å². The summed E-state index contributed by atoms with van der Waals surface area (Å²) in [7, 11) is 0. The average molecular weight is 377 g/mol. The van der Waals surface area contributed by atoms with E-state index in [1.54, 1.807) is 18.7 Å². The molecule has 7 nitrogen and oxygen atoms in total. The lowest BCUT2D eigenvalue weighted by atomic mass is 10.1. The summed E-state index contributed by atoms with van der Waals surface area (Å²) < 4.78 is 5.25. The van der Waals surface area contributed by atoms with E-state index in [0.29, 0.717) is 13.1 Å². The number of benzene rings is 1. The molecule has 2 N–H and O–H groups in total. The fraction of sp³-hybridized carbons (Fsp3) is 0.444. The third-order valence-electron chi connectivity index (χ3n) is 3.95. The minimum Gasteiger partial charge on any atom is -0.461 e. The summed E-state index contributed by atoms with van der Waals surface area (Å²) in [6, 6.07) is 8.49. The summed E-state index contributed by atoms with van der Waals surface area (Å²) in [5.74, 6) is -1.28. The molecule has 0 aliphatic carbocycles. The van der Waals surface area contributed by atoms with Crippen molar-refractivity contribution in [1.82, 2.24) is 15.5 Å². The fourth-order valence-corrected chi connectivity index (χ4v) is 2.76. The van der Waals surface area contributed by atoms with E-state index in [4.69, 9.17) is 17.0 Å². The van der Waals surface area contributed by atoms with E-state index < -0.39 is 12.0 Å². The van der Waals surface area contributed by atoms with Crippen LogP contribution in [0, 0.1) is 5.92 Å². The Morgan fingerprint density at radius 3 is 2.69 bits per heavy atom. The molecule has 1 aromatic carbocycles. The zero-order valence-electron chi connectivity index (χ0n) is 14.9. The summed E-state index contributed by atoms with van der Waals surface area (Å²) in [5, 5.41) is 5.48. The van der Waals surface area contributed by atoms with E-state index in [0.717, 1.165) is 5.56 Å². The maximum absolute atomic E-state index is 12.2. The molecule has 1 aliphatic rings. The van der Waals surface area contributed by atoms with Crippen LogP contribution in [0.15, 0.2) is 30.3 Å². The van der Waals surface area contributed by atoms with Gasteiger partial charge < -0.3 is 20.3 Å². The van der Waals surface area contributed by atoms with Crippen molar-refractivity contribution in [2.24, 2.45) is 5.92 Å². The van der Waals surface area contributed by atoms with Gasteiger partial charge in [-0.2, -0.15) is 0 Å². The topological polar surface area (TPSA) is 87.7 Å². The summed E-state index contributed by atoms with van der Waals surface area (Å²) in [6.45, 7) is 4.45. The van der Waals surface area contributed by atoms with Gasteiger partial charge in [0.05, 0.1) is 6.42 Å². The quantitative estimate of drug-likeness (QED) is 0.587. The summed E-state index contributed by atoms with van der Waals surface area (Å²) in [5.41, 5.74) is 0.866. The molecule has 0 aromatic heterocycles. The molecule has 1 aliphatic heterocycles. The van der Waals surface area contributed by atoms with E-state index in [1.807, 2.05) is 30.3 Å². The molecule has 2 rings (SSSR count). The summed E-state index contributed by atoms with van der Waals surface area (Å²) in [6.07, 6.45) is -0.143. The van der Waals surface area contributed by atoms with Crippen molar-refractivity contribution >= 4 is 35.1 Å². The Labute approximate surface area is 158 Å². The molecule has 1 atom stereocenters. The summed E-state index contributed by atoms with van der Waals surface area (Å²) >= 11 is 5.26. The van der Waals surface area contributed by atoms with Crippen molar-refractivity contribution in [2.75, 3.05) is 13.1 Å². The summed E-state index contributed by atoms with van der Waals surface area (Å²) in [4.78, 5) is 37.8. The van der Waals surface area contributed by atoms with Gasteiger partial charge in [0.15, 0.2) is 5.11 Å². The Kier molecular flexibility index (Phi) is 7.08. The molecule has 0 spiro atoms. The maximum Gasteiger partial charge on any atom is 0.308 e. The number of thiocarbonyl (C=S) groups is 1. The van der Waals surface area contributed by atoms with Crippen LogP contribution in [0.25, 0.3) is 0 Å². The fourth-order valence-electron chi connectivity index (χ4n) is 2.44. The van der Waals surface area contributed by atoms with E-state index >= 15 is 0 Å². The van der Waals surface area contributed by atoms with Crippen molar-refractivity contribution in [2.45, 2.75) is 32.9 Å². The first-order chi connectivity index (χ1) is 12.4. The molecule has 26 heavy (non-hydrogen) atoms. The van der Waals surface area contributed by atoms with Crippen LogP contribution >= 0.6 is 12.2 Å². The van der Waals surface area contributed by atoms with Gasteiger partial charge in [-0.25, -0.2) is 0 Å². The molecule has 1 unspecified atom stereocenters. The molecule has 8 heteroatoms. The number of amides is 2. The van der Waals surface area contributed by atoms with E-state index in [-0.39, 0.29) is 35.9 Å². The molecule has 140 valence electrons. The number of carbonyl (C=O) groups is 3. The molecular formula is C18H23N3O4S. The van der Waals surface area contributed by atoms with Crippen LogP contribution in [-0.4, -0.2) is 46.9 Å². The SMILES string of the molecule is CC(C)C(=O)NC(=S)N1CCNC(=O)C1CC(=O)OCc1ccccc1. The third kappa shape index (κ3) is 5.52. The van der Waals surface area contributed by atoms with Crippen LogP contribution in [0.3, 0.4) is 0 Å². The minimum atomic E-state index is -0.799. The highest BCUT2D eigenvalue weighted by Crippen LogP contribution is 2.12. The van der Waals surface area contributed by atoms with Crippen LogP contribution in [-0.2, 0) is 25.7 Å². The predicted molar refractivity (Wildman–Crippen MR) is 99.9 cm³/mol. The number of hydrogen-bond acceptors (Lipinski definition) is 5. The lowest BCUT2D eigenvalue weighted by Gasteiger charge is -2.36. The normalized spacial score (nSPS) is 16.8. The first-order valence-corrected chi connectivity index (χ1v) is 8.88. The van der Waals surface area contributed by atoms with Gasteiger partial charge in [-0.15, -0.1) is 0 Å².